The van der Waals surface area contributed by atoms with Crippen molar-refractivity contribution in [3.8, 4) is 11.4 Å². The lowest BCUT2D eigenvalue weighted by molar-refractivity contribution is 0.858. The van der Waals surface area contributed by atoms with Gasteiger partial charge in [-0.15, -0.1) is 10.2 Å². The lowest BCUT2D eigenvalue weighted by atomic mass is 10.1. The van der Waals surface area contributed by atoms with Crippen LogP contribution in [0.1, 0.15) is 11.4 Å². The van der Waals surface area contributed by atoms with Crippen LogP contribution in [0.2, 0.25) is 0 Å². The van der Waals surface area contributed by atoms with Gasteiger partial charge < -0.3 is 4.57 Å². The second-order valence-electron chi connectivity index (χ2n) is 3.60. The molecular weight excluding hydrogens is 334 g/mol. The fraction of sp³-hybridized carbons (Fsp3) is 0.273. The smallest absolute Gasteiger partial charge is 0.163 e. The topological polar surface area (TPSA) is 30.7 Å². The Morgan fingerprint density at radius 3 is 2.62 bits per heavy atom. The van der Waals surface area contributed by atoms with E-state index < -0.39 is 0 Å². The lowest BCUT2D eigenvalue weighted by Gasteiger charge is -2.04. The largest absolute Gasteiger partial charge is 0.313 e. The molecule has 0 aliphatic carbocycles. The van der Waals surface area contributed by atoms with E-state index in [1.54, 1.807) is 0 Å². The zero-order valence-electron chi connectivity index (χ0n) is 9.04. The number of aromatic nitrogens is 3. The maximum Gasteiger partial charge on any atom is 0.163 e. The Bertz CT molecular complexity index is 520. The Hall–Kier alpha value is -0.680. The van der Waals surface area contributed by atoms with Gasteiger partial charge in [-0.25, -0.2) is 0 Å². The van der Waals surface area contributed by atoms with Gasteiger partial charge in [0.15, 0.2) is 5.82 Å². The molecule has 0 saturated heterocycles. The zero-order chi connectivity index (χ0) is 11.7. The molecule has 1 aromatic heterocycles. The highest BCUT2D eigenvalue weighted by Gasteiger charge is 2.10. The summed E-state index contributed by atoms with van der Waals surface area (Å²) in [6.45, 7) is 2.06. The molecule has 0 spiro atoms. The molecule has 0 bridgehead atoms. The molecule has 5 heteroatoms. The summed E-state index contributed by atoms with van der Waals surface area (Å²) in [5.41, 5.74) is 2.28. The van der Waals surface area contributed by atoms with Gasteiger partial charge in [0.1, 0.15) is 5.82 Å². The molecule has 3 nitrogen and oxygen atoms in total. The number of hydrogen-bond donors (Lipinski definition) is 0. The normalized spacial score (nSPS) is 10.8. The van der Waals surface area contributed by atoms with Crippen LogP contribution >= 0.6 is 31.9 Å². The predicted molar refractivity (Wildman–Crippen MR) is 71.5 cm³/mol. The summed E-state index contributed by atoms with van der Waals surface area (Å²) in [5, 5.41) is 9.03. The van der Waals surface area contributed by atoms with Crippen molar-refractivity contribution in [1.82, 2.24) is 14.8 Å². The standard InChI is InChI=1S/C11H11Br2N3/c1-7-5-8(3-4-9(7)13)11-15-14-10(6-12)16(11)2/h3-5H,6H2,1-2H3. The average Bonchev–Trinajstić information content (AvgIpc) is 2.64. The summed E-state index contributed by atoms with van der Waals surface area (Å²) in [6.07, 6.45) is 0. The van der Waals surface area contributed by atoms with Crippen molar-refractivity contribution >= 4 is 31.9 Å². The molecule has 1 heterocycles. The van der Waals surface area contributed by atoms with Gasteiger partial charge in [-0.1, -0.05) is 37.9 Å². The van der Waals surface area contributed by atoms with Crippen LogP contribution in [0.5, 0.6) is 0 Å². The highest BCUT2D eigenvalue weighted by atomic mass is 79.9. The first-order chi connectivity index (χ1) is 7.63. The van der Waals surface area contributed by atoms with Crippen molar-refractivity contribution in [3.63, 3.8) is 0 Å². The number of nitrogens with zero attached hydrogens (tertiary/aromatic N) is 3. The van der Waals surface area contributed by atoms with Gasteiger partial charge in [-0.05, 0) is 24.6 Å². The molecule has 0 fully saturated rings. The first-order valence-corrected chi connectivity index (χ1v) is 6.75. The molecule has 0 N–H and O–H groups in total. The minimum absolute atomic E-state index is 0.714. The van der Waals surface area contributed by atoms with Crippen LogP contribution in [0.3, 0.4) is 0 Å². The Morgan fingerprint density at radius 1 is 1.31 bits per heavy atom. The molecular formula is C11H11Br2N3. The summed E-state index contributed by atoms with van der Waals surface area (Å²) in [5.74, 6) is 1.82. The molecule has 0 amide bonds. The minimum atomic E-state index is 0.714. The minimum Gasteiger partial charge on any atom is -0.313 e. The third-order valence-electron chi connectivity index (χ3n) is 2.50. The van der Waals surface area contributed by atoms with Gasteiger partial charge in [0.25, 0.3) is 0 Å². The first kappa shape index (κ1) is 11.8. The third-order valence-corrected chi connectivity index (χ3v) is 3.89. The van der Waals surface area contributed by atoms with Crippen molar-refractivity contribution in [2.45, 2.75) is 12.3 Å². The summed E-state index contributed by atoms with van der Waals surface area (Å²) < 4.78 is 3.11. The van der Waals surface area contributed by atoms with Crippen LogP contribution in [0.25, 0.3) is 11.4 Å². The SMILES string of the molecule is Cc1cc(-c2nnc(CBr)n2C)ccc1Br. The van der Waals surface area contributed by atoms with Crippen molar-refractivity contribution < 1.29 is 0 Å². The fourth-order valence-corrected chi connectivity index (χ4v) is 2.25. The van der Waals surface area contributed by atoms with Crippen LogP contribution in [0, 0.1) is 6.92 Å². The number of aryl methyl sites for hydroxylation is 1. The Kier molecular flexibility index (Phi) is 3.44. The molecule has 0 aliphatic heterocycles. The average molecular weight is 345 g/mol. The number of rotatable bonds is 2. The summed E-state index contributed by atoms with van der Waals surface area (Å²) in [4.78, 5) is 0. The number of benzene rings is 1. The highest BCUT2D eigenvalue weighted by molar-refractivity contribution is 9.10. The van der Waals surface area contributed by atoms with Crippen LogP contribution in [0.4, 0.5) is 0 Å². The highest BCUT2D eigenvalue weighted by Crippen LogP contribution is 2.24. The molecule has 2 rings (SSSR count). The van der Waals surface area contributed by atoms with E-state index in [0.717, 1.165) is 21.7 Å². The van der Waals surface area contributed by atoms with E-state index in [1.165, 1.54) is 5.56 Å². The summed E-state index contributed by atoms with van der Waals surface area (Å²) in [7, 11) is 1.98. The molecule has 0 saturated carbocycles. The van der Waals surface area contributed by atoms with Crippen LogP contribution < -0.4 is 0 Å². The van der Waals surface area contributed by atoms with E-state index in [-0.39, 0.29) is 0 Å². The fourth-order valence-electron chi connectivity index (χ4n) is 1.51. The Labute approximate surface area is 111 Å². The first-order valence-electron chi connectivity index (χ1n) is 4.84. The maximum absolute atomic E-state index is 4.20. The monoisotopic (exact) mass is 343 g/mol. The van der Waals surface area contributed by atoms with Crippen LogP contribution in [-0.2, 0) is 12.4 Å². The molecule has 84 valence electrons. The lowest BCUT2D eigenvalue weighted by Crippen LogP contribution is -1.97. The molecule has 0 atom stereocenters. The molecule has 1 aromatic carbocycles. The van der Waals surface area contributed by atoms with Crippen molar-refractivity contribution in [3.05, 3.63) is 34.1 Å². The number of halogens is 2. The van der Waals surface area contributed by atoms with Gasteiger partial charge in [0.05, 0.1) is 5.33 Å². The Morgan fingerprint density at radius 2 is 2.06 bits per heavy atom. The van der Waals surface area contributed by atoms with E-state index in [4.69, 9.17) is 0 Å². The van der Waals surface area contributed by atoms with Gasteiger partial charge in [-0.3, -0.25) is 0 Å². The number of alkyl halides is 1. The van der Waals surface area contributed by atoms with Gasteiger partial charge in [0.2, 0.25) is 0 Å². The van der Waals surface area contributed by atoms with Crippen LogP contribution in [0.15, 0.2) is 22.7 Å². The third kappa shape index (κ3) is 2.06. The van der Waals surface area contributed by atoms with Crippen molar-refractivity contribution in [1.29, 1.82) is 0 Å². The van der Waals surface area contributed by atoms with E-state index >= 15 is 0 Å². The van der Waals surface area contributed by atoms with E-state index in [0.29, 0.717) is 5.33 Å². The number of hydrogen-bond acceptors (Lipinski definition) is 2. The van der Waals surface area contributed by atoms with Crippen LogP contribution in [-0.4, -0.2) is 14.8 Å². The molecule has 16 heavy (non-hydrogen) atoms. The van der Waals surface area contributed by atoms with E-state index in [2.05, 4.69) is 55.0 Å². The molecule has 2 aromatic rings. The van der Waals surface area contributed by atoms with Crippen molar-refractivity contribution in [2.24, 2.45) is 7.05 Å². The van der Waals surface area contributed by atoms with Crippen molar-refractivity contribution in [2.75, 3.05) is 0 Å². The van der Waals surface area contributed by atoms with E-state index in [9.17, 15) is 0 Å². The molecule has 0 aliphatic rings. The molecule has 0 radical (unpaired) electrons. The second kappa shape index (κ2) is 4.67. The zero-order valence-corrected chi connectivity index (χ0v) is 12.2. The predicted octanol–water partition coefficient (Wildman–Crippen LogP) is 3.45. The van der Waals surface area contributed by atoms with Gasteiger partial charge in [0, 0.05) is 17.1 Å². The Balaban J connectivity index is 2.50. The molecule has 0 unspecified atom stereocenters. The maximum atomic E-state index is 4.20. The van der Waals surface area contributed by atoms with Gasteiger partial charge in [-0.2, -0.15) is 0 Å². The second-order valence-corrected chi connectivity index (χ2v) is 5.01. The summed E-state index contributed by atoms with van der Waals surface area (Å²) >= 11 is 6.88. The van der Waals surface area contributed by atoms with E-state index in [1.807, 2.05) is 23.7 Å². The quantitative estimate of drug-likeness (QED) is 0.781. The van der Waals surface area contributed by atoms with Gasteiger partial charge >= 0.3 is 0 Å². The summed E-state index contributed by atoms with van der Waals surface area (Å²) in [6, 6.07) is 6.18.